The van der Waals surface area contributed by atoms with E-state index in [9.17, 15) is 24.9 Å². The van der Waals surface area contributed by atoms with Crippen molar-refractivity contribution < 1.29 is 39.9 Å². The van der Waals surface area contributed by atoms with Crippen LogP contribution in [0, 0.1) is 0 Å². The summed E-state index contributed by atoms with van der Waals surface area (Å²) in [4.78, 5) is 25.8. The van der Waals surface area contributed by atoms with Gasteiger partial charge in [-0.1, -0.05) is 0 Å². The molecule has 1 aliphatic rings. The van der Waals surface area contributed by atoms with Crippen LogP contribution in [0.25, 0.3) is 0 Å². The van der Waals surface area contributed by atoms with Crippen LogP contribution >= 0.6 is 0 Å². The van der Waals surface area contributed by atoms with Crippen LogP contribution in [0.4, 0.5) is 0 Å². The van der Waals surface area contributed by atoms with E-state index in [1.165, 1.54) is 14.0 Å². The largest absolute Gasteiger partial charge is 0.493 e. The van der Waals surface area contributed by atoms with Gasteiger partial charge in [0.15, 0.2) is 11.8 Å². The summed E-state index contributed by atoms with van der Waals surface area (Å²) >= 11 is 0. The van der Waals surface area contributed by atoms with E-state index >= 15 is 0 Å². The van der Waals surface area contributed by atoms with E-state index in [1.54, 1.807) is 0 Å². The Labute approximate surface area is 138 Å². The summed E-state index contributed by atoms with van der Waals surface area (Å²) in [5.41, 5.74) is -1.46. The highest BCUT2D eigenvalue weighted by Gasteiger charge is 2.39. The van der Waals surface area contributed by atoms with Gasteiger partial charge < -0.3 is 35.6 Å². The summed E-state index contributed by atoms with van der Waals surface area (Å²) in [7, 11) is 1.29. The van der Waals surface area contributed by atoms with Crippen molar-refractivity contribution in [3.8, 4) is 0 Å². The fraction of sp³-hybridized carbons (Fsp3) is 0.643. The lowest BCUT2D eigenvalue weighted by Gasteiger charge is -2.35. The maximum Gasteiger partial charge on any atom is 0.328 e. The number of aliphatic hydroxyl groups excluding tert-OH is 2. The highest BCUT2D eigenvalue weighted by molar-refractivity contribution is 6.01. The molecule has 0 heterocycles. The zero-order chi connectivity index (χ0) is 18.5. The summed E-state index contributed by atoms with van der Waals surface area (Å²) in [6, 6.07) is -1.38. The van der Waals surface area contributed by atoms with Crippen molar-refractivity contribution in [2.24, 2.45) is 4.99 Å². The van der Waals surface area contributed by atoms with E-state index in [4.69, 9.17) is 14.9 Å². The molecule has 1 aliphatic carbocycles. The number of carboxylic acids is 2. The first-order valence-corrected chi connectivity index (χ1v) is 7.17. The van der Waals surface area contributed by atoms with Gasteiger partial charge in [0.25, 0.3) is 0 Å². The zero-order valence-electron chi connectivity index (χ0n) is 13.4. The minimum Gasteiger partial charge on any atom is -0.493 e. The van der Waals surface area contributed by atoms with Gasteiger partial charge >= 0.3 is 11.9 Å². The van der Waals surface area contributed by atoms with E-state index in [-0.39, 0.29) is 30.0 Å². The van der Waals surface area contributed by atoms with E-state index < -0.39 is 42.8 Å². The lowest BCUT2D eigenvalue weighted by atomic mass is 9.85. The molecule has 0 saturated carbocycles. The zero-order valence-corrected chi connectivity index (χ0v) is 13.4. The van der Waals surface area contributed by atoms with Gasteiger partial charge in [0.1, 0.15) is 6.54 Å². The van der Waals surface area contributed by atoms with Crippen LogP contribution in [-0.4, -0.2) is 81.2 Å². The SMILES string of the molecule is COC1=C(N[C@H](C(=O)O)[C@H](C)O)C[C@@](O)(CO)CC1=NCC(=O)O. The van der Waals surface area contributed by atoms with Gasteiger partial charge in [0, 0.05) is 12.8 Å². The van der Waals surface area contributed by atoms with Crippen LogP contribution < -0.4 is 5.32 Å². The molecule has 1 rings (SSSR count). The number of ether oxygens (including phenoxy) is 1. The molecule has 10 nitrogen and oxygen atoms in total. The number of aliphatic imine (C=N–C) groups is 1. The van der Waals surface area contributed by atoms with Gasteiger partial charge in [-0.15, -0.1) is 0 Å². The van der Waals surface area contributed by atoms with Crippen molar-refractivity contribution in [2.75, 3.05) is 20.3 Å². The summed E-state index contributed by atoms with van der Waals surface area (Å²) in [6.07, 6.45) is -1.58. The fourth-order valence-electron chi connectivity index (χ4n) is 2.37. The monoisotopic (exact) mass is 346 g/mol. The highest BCUT2D eigenvalue weighted by Crippen LogP contribution is 2.30. The first kappa shape index (κ1) is 19.9. The average Bonchev–Trinajstić information content (AvgIpc) is 2.49. The van der Waals surface area contributed by atoms with Gasteiger partial charge in [-0.25, -0.2) is 4.79 Å². The maximum atomic E-state index is 11.2. The molecule has 0 aromatic rings. The molecule has 24 heavy (non-hydrogen) atoms. The first-order valence-electron chi connectivity index (χ1n) is 7.17. The Morgan fingerprint density at radius 3 is 2.42 bits per heavy atom. The predicted molar refractivity (Wildman–Crippen MR) is 81.5 cm³/mol. The molecule has 0 bridgehead atoms. The van der Waals surface area contributed by atoms with E-state index in [2.05, 4.69) is 10.3 Å². The molecule has 0 saturated heterocycles. The number of aliphatic hydroxyl groups is 3. The van der Waals surface area contributed by atoms with Gasteiger partial charge in [-0.05, 0) is 6.92 Å². The second-order valence-electron chi connectivity index (χ2n) is 5.61. The Morgan fingerprint density at radius 2 is 2.00 bits per heavy atom. The smallest absolute Gasteiger partial charge is 0.328 e. The minimum absolute atomic E-state index is 0.0833. The Morgan fingerprint density at radius 1 is 1.38 bits per heavy atom. The fourth-order valence-corrected chi connectivity index (χ4v) is 2.37. The number of nitrogens with one attached hydrogen (secondary N) is 1. The van der Waals surface area contributed by atoms with Crippen LogP contribution in [-0.2, 0) is 14.3 Å². The number of allylic oxidation sites excluding steroid dienone is 1. The normalized spacial score (nSPS) is 25.3. The van der Waals surface area contributed by atoms with Crippen LogP contribution in [0.15, 0.2) is 16.4 Å². The molecule has 0 spiro atoms. The van der Waals surface area contributed by atoms with Crippen LogP contribution in [0.1, 0.15) is 19.8 Å². The average molecular weight is 346 g/mol. The van der Waals surface area contributed by atoms with Crippen molar-refractivity contribution in [3.63, 3.8) is 0 Å². The third-order valence-electron chi connectivity index (χ3n) is 3.52. The summed E-state index contributed by atoms with van der Waals surface area (Å²) in [5.74, 6) is -2.44. The van der Waals surface area contributed by atoms with Crippen LogP contribution in [0.5, 0.6) is 0 Å². The Balaban J connectivity index is 3.29. The molecule has 136 valence electrons. The third-order valence-corrected chi connectivity index (χ3v) is 3.52. The molecule has 0 amide bonds. The molecule has 0 aromatic heterocycles. The predicted octanol–water partition coefficient (Wildman–Crippen LogP) is -1.69. The van der Waals surface area contributed by atoms with Crippen molar-refractivity contribution in [3.05, 3.63) is 11.5 Å². The number of methoxy groups -OCH3 is 1. The number of carbonyl (C=O) groups is 2. The number of carboxylic acid groups (broad SMARTS) is 2. The lowest BCUT2D eigenvalue weighted by Crippen LogP contribution is -2.49. The standard InChI is InChI=1S/C14H22N2O8/c1-7(18)11(13(21)22)16-9-4-14(23,6-17)3-8(12(9)24-2)15-5-10(19)20/h7,11,16-18,23H,3-6H2,1-2H3,(H,19,20)(H,21,22)/t7-,11-,14+/m0/s1. The molecule has 0 aliphatic heterocycles. The third kappa shape index (κ3) is 4.91. The van der Waals surface area contributed by atoms with Crippen molar-refractivity contribution in [1.29, 1.82) is 0 Å². The number of hydrogen-bond acceptors (Lipinski definition) is 8. The summed E-state index contributed by atoms with van der Waals surface area (Å²) in [6.45, 7) is 0.0583. The Bertz CT molecular complexity index is 557. The van der Waals surface area contributed by atoms with Gasteiger partial charge in [0.05, 0.1) is 36.8 Å². The van der Waals surface area contributed by atoms with Crippen molar-refractivity contribution >= 4 is 17.7 Å². The second kappa shape index (κ2) is 8.08. The highest BCUT2D eigenvalue weighted by atomic mass is 16.5. The minimum atomic E-state index is -1.65. The Kier molecular flexibility index (Phi) is 6.70. The maximum absolute atomic E-state index is 11.2. The molecule has 3 atom stereocenters. The number of aliphatic carboxylic acids is 2. The van der Waals surface area contributed by atoms with E-state index in [0.29, 0.717) is 0 Å². The van der Waals surface area contributed by atoms with Gasteiger partial charge in [-0.3, -0.25) is 9.79 Å². The Hall–Kier alpha value is -2.17. The van der Waals surface area contributed by atoms with Crippen LogP contribution in [0.2, 0.25) is 0 Å². The lowest BCUT2D eigenvalue weighted by molar-refractivity contribution is -0.142. The topological polar surface area (TPSA) is 169 Å². The molecule has 10 heteroatoms. The van der Waals surface area contributed by atoms with Gasteiger partial charge in [0.2, 0.25) is 0 Å². The molecular formula is C14H22N2O8. The summed E-state index contributed by atoms with van der Waals surface area (Å²) < 4.78 is 5.17. The number of nitrogens with zero attached hydrogens (tertiary/aromatic N) is 1. The molecule has 0 aromatic carbocycles. The van der Waals surface area contributed by atoms with Crippen molar-refractivity contribution in [2.45, 2.75) is 37.5 Å². The van der Waals surface area contributed by atoms with Crippen molar-refractivity contribution in [1.82, 2.24) is 5.32 Å². The molecule has 0 fully saturated rings. The van der Waals surface area contributed by atoms with Crippen LogP contribution in [0.3, 0.4) is 0 Å². The summed E-state index contributed by atoms with van der Waals surface area (Å²) in [5, 5.41) is 49.8. The quantitative estimate of drug-likeness (QED) is 0.300. The first-order chi connectivity index (χ1) is 11.1. The molecular weight excluding hydrogens is 324 g/mol. The number of rotatable bonds is 8. The molecule has 0 unspecified atom stereocenters. The van der Waals surface area contributed by atoms with E-state index in [1.807, 2.05) is 0 Å². The molecule has 6 N–H and O–H groups in total. The van der Waals surface area contributed by atoms with Gasteiger partial charge in [-0.2, -0.15) is 0 Å². The number of hydrogen-bond donors (Lipinski definition) is 6. The molecule has 0 radical (unpaired) electrons. The van der Waals surface area contributed by atoms with E-state index in [0.717, 1.165) is 0 Å². The second-order valence-corrected chi connectivity index (χ2v) is 5.61.